The fraction of sp³-hybridized carbons (Fsp3) is 0.432. The molecule has 0 spiro atoms. The second kappa shape index (κ2) is 22.1. The highest BCUT2D eigenvalue weighted by molar-refractivity contribution is 7.97. The SMILES string of the molecule is CC.CC.CC.CCc1cccc(SN2C(C)=CC2C(F)(F)F)c1.O=CNc1cccc(C(NCC2CC2)c2ccc(Cl)cc2Cl)c1. The molecular weight excluding hydrogens is 662 g/mol. The van der Waals surface area contributed by atoms with Crippen LogP contribution < -0.4 is 10.6 Å². The number of nitrogens with one attached hydrogen (secondary N) is 2. The van der Waals surface area contributed by atoms with Crippen LogP contribution in [0.25, 0.3) is 0 Å². The van der Waals surface area contributed by atoms with E-state index in [1.165, 1.54) is 23.2 Å². The molecule has 3 aromatic rings. The maximum atomic E-state index is 12.7. The lowest BCUT2D eigenvalue weighted by atomic mass is 9.98. The second-order valence-corrected chi connectivity index (χ2v) is 11.9. The van der Waals surface area contributed by atoms with Crippen LogP contribution in [0, 0.1) is 5.92 Å². The molecule has 1 fully saturated rings. The molecule has 10 heteroatoms. The number of hydrogen-bond donors (Lipinski definition) is 2. The van der Waals surface area contributed by atoms with Gasteiger partial charge in [0.1, 0.15) is 0 Å². The van der Waals surface area contributed by atoms with E-state index in [4.69, 9.17) is 23.2 Å². The van der Waals surface area contributed by atoms with Crippen molar-refractivity contribution in [2.45, 2.75) is 97.8 Å². The summed E-state index contributed by atoms with van der Waals surface area (Å²) in [6.45, 7) is 16.7. The molecule has 1 saturated carbocycles. The number of rotatable bonds is 10. The maximum Gasteiger partial charge on any atom is 0.413 e. The van der Waals surface area contributed by atoms with Gasteiger partial charge in [0.15, 0.2) is 6.04 Å². The van der Waals surface area contributed by atoms with Gasteiger partial charge in [0.25, 0.3) is 0 Å². The van der Waals surface area contributed by atoms with Crippen LogP contribution in [0.4, 0.5) is 18.9 Å². The van der Waals surface area contributed by atoms with Crippen molar-refractivity contribution in [2.24, 2.45) is 5.92 Å². The lowest BCUT2D eigenvalue weighted by Crippen LogP contribution is -2.46. The Morgan fingerprint density at radius 3 is 2.17 bits per heavy atom. The summed E-state index contributed by atoms with van der Waals surface area (Å²) in [5.74, 6) is 0.750. The molecule has 1 amide bonds. The molecule has 0 bridgehead atoms. The number of benzene rings is 3. The van der Waals surface area contributed by atoms with E-state index in [0.717, 1.165) is 58.1 Å². The van der Waals surface area contributed by atoms with Crippen molar-refractivity contribution >= 4 is 47.2 Å². The van der Waals surface area contributed by atoms with E-state index in [-0.39, 0.29) is 6.04 Å². The molecule has 2 unspecified atom stereocenters. The maximum absolute atomic E-state index is 12.7. The van der Waals surface area contributed by atoms with Crippen LogP contribution in [0.5, 0.6) is 0 Å². The molecule has 1 aliphatic heterocycles. The lowest BCUT2D eigenvalue weighted by Gasteiger charge is -2.39. The Morgan fingerprint density at radius 1 is 0.957 bits per heavy atom. The van der Waals surface area contributed by atoms with Crippen molar-refractivity contribution in [3.8, 4) is 0 Å². The van der Waals surface area contributed by atoms with Crippen LogP contribution in [0.15, 0.2) is 83.4 Å². The Morgan fingerprint density at radius 2 is 1.62 bits per heavy atom. The number of amides is 1. The lowest BCUT2D eigenvalue weighted by molar-refractivity contribution is -0.160. The third-order valence-electron chi connectivity index (χ3n) is 6.87. The van der Waals surface area contributed by atoms with Crippen LogP contribution in [0.3, 0.4) is 0 Å². The van der Waals surface area contributed by atoms with Gasteiger partial charge in [-0.25, -0.2) is 0 Å². The van der Waals surface area contributed by atoms with Gasteiger partial charge in [0, 0.05) is 26.3 Å². The summed E-state index contributed by atoms with van der Waals surface area (Å²) in [6.07, 6.45) is 1.17. The molecule has 0 radical (unpaired) electrons. The third-order valence-corrected chi connectivity index (χ3v) is 8.61. The monoisotopic (exact) mass is 711 g/mol. The topological polar surface area (TPSA) is 44.4 Å². The molecule has 0 saturated heterocycles. The summed E-state index contributed by atoms with van der Waals surface area (Å²) in [7, 11) is 0. The van der Waals surface area contributed by atoms with Crippen LogP contribution in [0.2, 0.25) is 10.0 Å². The summed E-state index contributed by atoms with van der Waals surface area (Å²) in [5, 5.41) is 7.55. The van der Waals surface area contributed by atoms with Crippen molar-refractivity contribution in [2.75, 3.05) is 11.9 Å². The quantitative estimate of drug-likeness (QED) is 0.162. The van der Waals surface area contributed by atoms with Crippen LogP contribution in [-0.4, -0.2) is 29.5 Å². The number of carbonyl (C=O) groups excluding carboxylic acids is 1. The van der Waals surface area contributed by atoms with E-state index >= 15 is 0 Å². The molecule has 2 atom stereocenters. The van der Waals surface area contributed by atoms with Gasteiger partial charge in [-0.05, 0) is 110 Å². The Labute approximate surface area is 294 Å². The molecular formula is C37H50Cl2F3N3OS. The molecule has 5 rings (SSSR count). The molecule has 1 aliphatic carbocycles. The van der Waals surface area contributed by atoms with Gasteiger partial charge < -0.3 is 14.9 Å². The minimum atomic E-state index is -4.20. The Bertz CT molecular complexity index is 1380. The van der Waals surface area contributed by atoms with E-state index in [0.29, 0.717) is 22.2 Å². The van der Waals surface area contributed by atoms with Crippen LogP contribution in [0.1, 0.15) is 91.0 Å². The molecule has 2 N–H and O–H groups in total. The first-order valence-corrected chi connectivity index (χ1v) is 17.9. The van der Waals surface area contributed by atoms with Crippen molar-refractivity contribution in [1.82, 2.24) is 9.62 Å². The molecule has 3 aromatic carbocycles. The van der Waals surface area contributed by atoms with Crippen molar-refractivity contribution in [1.29, 1.82) is 0 Å². The van der Waals surface area contributed by atoms with Gasteiger partial charge in [0.05, 0.1) is 6.04 Å². The molecule has 4 nitrogen and oxygen atoms in total. The third kappa shape index (κ3) is 13.8. The summed E-state index contributed by atoms with van der Waals surface area (Å²) < 4.78 is 39.3. The van der Waals surface area contributed by atoms with Crippen molar-refractivity contribution in [3.63, 3.8) is 0 Å². The van der Waals surface area contributed by atoms with E-state index in [1.54, 1.807) is 13.0 Å². The zero-order chi connectivity index (χ0) is 35.6. The first-order valence-electron chi connectivity index (χ1n) is 16.4. The number of nitrogens with zero attached hydrogens (tertiary/aromatic N) is 1. The zero-order valence-electron chi connectivity index (χ0n) is 28.7. The van der Waals surface area contributed by atoms with Crippen molar-refractivity contribution in [3.05, 3.63) is 105 Å². The Hall–Kier alpha value is -2.65. The minimum Gasteiger partial charge on any atom is -0.329 e. The van der Waals surface area contributed by atoms with Crippen LogP contribution >= 0.6 is 35.1 Å². The number of halogens is 5. The predicted molar refractivity (Wildman–Crippen MR) is 196 cm³/mol. The number of allylic oxidation sites excluding steroid dienone is 1. The fourth-order valence-electron chi connectivity index (χ4n) is 4.42. The number of hydrogen-bond acceptors (Lipinski definition) is 4. The predicted octanol–water partition coefficient (Wildman–Crippen LogP) is 12.1. The molecule has 260 valence electrons. The van der Waals surface area contributed by atoms with Gasteiger partial charge in [-0.15, -0.1) is 0 Å². The van der Waals surface area contributed by atoms with Gasteiger partial charge in [-0.1, -0.05) is 102 Å². The summed E-state index contributed by atoms with van der Waals surface area (Å²) >= 11 is 13.6. The summed E-state index contributed by atoms with van der Waals surface area (Å²) in [4.78, 5) is 11.5. The summed E-state index contributed by atoms with van der Waals surface area (Å²) in [6, 6.07) is 19.5. The number of alkyl halides is 3. The smallest absolute Gasteiger partial charge is 0.329 e. The molecule has 0 aromatic heterocycles. The molecule has 47 heavy (non-hydrogen) atoms. The molecule has 1 heterocycles. The average Bonchev–Trinajstić information content (AvgIpc) is 3.91. The first-order chi connectivity index (χ1) is 22.6. The van der Waals surface area contributed by atoms with Crippen LogP contribution in [-0.2, 0) is 11.2 Å². The highest BCUT2D eigenvalue weighted by Gasteiger charge is 2.47. The Balaban J connectivity index is 0.000000414. The number of anilines is 1. The second-order valence-electron chi connectivity index (χ2n) is 10.1. The highest BCUT2D eigenvalue weighted by Crippen LogP contribution is 2.42. The Kier molecular flexibility index (Phi) is 19.9. The van der Waals surface area contributed by atoms with Gasteiger partial charge in [0.2, 0.25) is 6.41 Å². The van der Waals surface area contributed by atoms with E-state index in [9.17, 15) is 18.0 Å². The zero-order valence-corrected chi connectivity index (χ0v) is 31.0. The van der Waals surface area contributed by atoms with Crippen molar-refractivity contribution < 1.29 is 18.0 Å². The standard InChI is InChI=1S/C18H18Cl2N2O.C13H14F3NS.3C2H6/c19-14-6-7-16(17(20)9-14)18(21-10-12-4-5-12)13-2-1-3-15(8-13)22-11-23;1-3-10-5-4-6-11(8-10)18-17-9(2)7-12(17)13(14,15)16;3*1-2/h1-3,6-9,11-12,18,21H,4-5,10H2,(H,22,23);4-8,12H,3H2,1-2H3;3*1-2H3. The number of carbonyl (C=O) groups is 1. The largest absolute Gasteiger partial charge is 0.413 e. The van der Waals surface area contributed by atoms with E-state index in [1.807, 2.05) is 109 Å². The minimum absolute atomic E-state index is 0.0335. The summed E-state index contributed by atoms with van der Waals surface area (Å²) in [5.41, 5.74) is 4.59. The highest BCUT2D eigenvalue weighted by atomic mass is 35.5. The fourth-order valence-corrected chi connectivity index (χ4v) is 6.01. The van der Waals surface area contributed by atoms with Gasteiger partial charge >= 0.3 is 6.18 Å². The van der Waals surface area contributed by atoms with Gasteiger partial charge in [-0.3, -0.25) is 4.79 Å². The van der Waals surface area contributed by atoms with Gasteiger partial charge in [-0.2, -0.15) is 13.2 Å². The number of aryl methyl sites for hydroxylation is 1. The van der Waals surface area contributed by atoms with E-state index in [2.05, 4.69) is 10.6 Å². The van der Waals surface area contributed by atoms with E-state index < -0.39 is 12.2 Å². The normalized spacial score (nSPS) is 15.3. The molecule has 2 aliphatic rings. The first kappa shape index (κ1) is 42.4. The average molecular weight is 713 g/mol.